The fourth-order valence-electron chi connectivity index (χ4n) is 4.18. The van der Waals surface area contributed by atoms with Crippen LogP contribution in [0.1, 0.15) is 31.2 Å². The van der Waals surface area contributed by atoms with Crippen molar-refractivity contribution in [3.05, 3.63) is 53.8 Å². The number of aromatic nitrogens is 3. The molecule has 11 heteroatoms. The van der Waals surface area contributed by atoms with Gasteiger partial charge in [-0.05, 0) is 55.2 Å². The van der Waals surface area contributed by atoms with Crippen molar-refractivity contribution in [1.82, 2.24) is 24.6 Å². The van der Waals surface area contributed by atoms with Crippen molar-refractivity contribution in [2.24, 2.45) is 0 Å². The molecule has 1 amide bonds. The maximum Gasteiger partial charge on any atom is 0.243 e. The molecule has 3 aromatic rings. The summed E-state index contributed by atoms with van der Waals surface area (Å²) >= 11 is 0. The smallest absolute Gasteiger partial charge is 0.243 e. The predicted molar refractivity (Wildman–Crippen MR) is 124 cm³/mol. The summed E-state index contributed by atoms with van der Waals surface area (Å²) in [7, 11) is -2.30. The van der Waals surface area contributed by atoms with Crippen LogP contribution in [0.4, 0.5) is 4.39 Å². The number of ether oxygens (including phenoxy) is 1. The van der Waals surface area contributed by atoms with Crippen LogP contribution in [0.3, 0.4) is 0 Å². The zero-order valence-corrected chi connectivity index (χ0v) is 19.8. The highest BCUT2D eigenvalue weighted by Crippen LogP contribution is 2.27. The molecule has 1 aliphatic rings. The Morgan fingerprint density at radius 1 is 1.24 bits per heavy atom. The van der Waals surface area contributed by atoms with Gasteiger partial charge in [-0.15, -0.1) is 5.10 Å². The average Bonchev–Trinajstić information content (AvgIpc) is 3.25. The maximum absolute atomic E-state index is 13.5. The number of carbonyl (C=O) groups is 1. The molecular weight excluding hydrogens is 461 g/mol. The molecule has 9 nitrogen and oxygen atoms in total. The van der Waals surface area contributed by atoms with Crippen molar-refractivity contribution in [3.63, 3.8) is 0 Å². The van der Waals surface area contributed by atoms with E-state index in [4.69, 9.17) is 4.74 Å². The summed E-state index contributed by atoms with van der Waals surface area (Å²) in [5, 5.41) is 11.0. The highest BCUT2D eigenvalue weighted by molar-refractivity contribution is 7.89. The summed E-state index contributed by atoms with van der Waals surface area (Å²) in [6, 6.07) is 9.84. The summed E-state index contributed by atoms with van der Waals surface area (Å²) in [5.74, 6) is -0.780. The van der Waals surface area contributed by atoms with E-state index in [0.717, 1.165) is 18.4 Å². The van der Waals surface area contributed by atoms with E-state index >= 15 is 0 Å². The lowest BCUT2D eigenvalue weighted by atomic mass is 10.0. The molecule has 34 heavy (non-hydrogen) atoms. The van der Waals surface area contributed by atoms with Gasteiger partial charge in [0.2, 0.25) is 15.9 Å². The molecule has 0 unspecified atom stereocenters. The minimum absolute atomic E-state index is 0.0776. The number of nitrogens with zero attached hydrogens (tertiary/aromatic N) is 4. The van der Waals surface area contributed by atoms with Gasteiger partial charge in [0.1, 0.15) is 17.4 Å². The molecule has 1 N–H and O–H groups in total. The number of piperidine rings is 1. The number of carbonyl (C=O) groups excluding carboxylic acids is 1. The van der Waals surface area contributed by atoms with Gasteiger partial charge in [0, 0.05) is 33.4 Å². The Balaban J connectivity index is 1.52. The van der Waals surface area contributed by atoms with Gasteiger partial charge in [-0.25, -0.2) is 17.5 Å². The SMILES string of the molecule is COCCCn1nnc2cc(S(=O)(=O)N3CCCC[C@H]3C(=O)NCc3cccc(F)c3)ccc21. The van der Waals surface area contributed by atoms with Crippen LogP contribution in [-0.2, 0) is 32.6 Å². The topological polar surface area (TPSA) is 106 Å². The summed E-state index contributed by atoms with van der Waals surface area (Å²) in [5.41, 5.74) is 1.82. The quantitative estimate of drug-likeness (QED) is 0.463. The van der Waals surface area contributed by atoms with Gasteiger partial charge in [-0.3, -0.25) is 4.79 Å². The number of benzene rings is 2. The lowest BCUT2D eigenvalue weighted by molar-refractivity contribution is -0.125. The third-order valence-corrected chi connectivity index (χ3v) is 7.83. The van der Waals surface area contributed by atoms with Gasteiger partial charge in [0.25, 0.3) is 0 Å². The van der Waals surface area contributed by atoms with Gasteiger partial charge in [0.05, 0.1) is 10.4 Å². The number of hydrogen-bond acceptors (Lipinski definition) is 6. The first kappa shape index (κ1) is 24.2. The van der Waals surface area contributed by atoms with E-state index in [2.05, 4.69) is 15.6 Å². The molecule has 2 heterocycles. The Hall–Kier alpha value is -2.89. The van der Waals surface area contributed by atoms with E-state index in [-0.39, 0.29) is 23.8 Å². The van der Waals surface area contributed by atoms with Crippen LogP contribution in [0.15, 0.2) is 47.4 Å². The van der Waals surface area contributed by atoms with E-state index < -0.39 is 22.0 Å². The molecule has 1 fully saturated rings. The molecule has 0 saturated carbocycles. The van der Waals surface area contributed by atoms with E-state index in [1.807, 2.05) is 0 Å². The number of sulfonamides is 1. The monoisotopic (exact) mass is 489 g/mol. The first-order valence-electron chi connectivity index (χ1n) is 11.3. The minimum Gasteiger partial charge on any atom is -0.385 e. The average molecular weight is 490 g/mol. The highest BCUT2D eigenvalue weighted by Gasteiger charge is 2.37. The van der Waals surface area contributed by atoms with Crippen molar-refractivity contribution in [1.29, 1.82) is 0 Å². The van der Waals surface area contributed by atoms with Crippen LogP contribution in [0.5, 0.6) is 0 Å². The highest BCUT2D eigenvalue weighted by atomic mass is 32.2. The number of fused-ring (bicyclic) bond motifs is 1. The maximum atomic E-state index is 13.5. The van der Waals surface area contributed by atoms with Crippen molar-refractivity contribution in [3.8, 4) is 0 Å². The first-order chi connectivity index (χ1) is 16.4. The third kappa shape index (κ3) is 5.26. The summed E-state index contributed by atoms with van der Waals surface area (Å²) < 4.78 is 48.5. The van der Waals surface area contributed by atoms with E-state index in [1.54, 1.807) is 30.0 Å². The molecule has 0 aliphatic carbocycles. The Labute approximate surface area is 197 Å². The number of hydrogen-bond donors (Lipinski definition) is 1. The van der Waals surface area contributed by atoms with Gasteiger partial charge < -0.3 is 10.1 Å². The lowest BCUT2D eigenvalue weighted by Crippen LogP contribution is -2.51. The Kier molecular flexibility index (Phi) is 7.54. The van der Waals surface area contributed by atoms with Crippen molar-refractivity contribution in [2.75, 3.05) is 20.3 Å². The first-order valence-corrected chi connectivity index (χ1v) is 12.7. The van der Waals surface area contributed by atoms with Gasteiger partial charge in [-0.2, -0.15) is 4.31 Å². The summed E-state index contributed by atoms with van der Waals surface area (Å²) in [6.45, 7) is 1.57. The molecule has 0 radical (unpaired) electrons. The molecule has 182 valence electrons. The zero-order chi connectivity index (χ0) is 24.1. The van der Waals surface area contributed by atoms with Crippen LogP contribution in [0.2, 0.25) is 0 Å². The van der Waals surface area contributed by atoms with Crippen LogP contribution in [-0.4, -0.2) is 59.9 Å². The number of methoxy groups -OCH3 is 1. The second-order valence-corrected chi connectivity index (χ2v) is 10.2. The minimum atomic E-state index is -3.93. The standard InChI is InChI=1S/C23H28FN5O4S/c1-33-13-5-11-28-21-10-9-19(15-20(21)26-27-28)34(31,32)29-12-3-2-8-22(29)23(30)25-16-17-6-4-7-18(24)14-17/h4,6-7,9-10,14-15,22H,2-3,5,8,11-13,16H2,1H3,(H,25,30)/t22-/m0/s1. The normalized spacial score (nSPS) is 17.2. The van der Waals surface area contributed by atoms with Crippen molar-refractivity contribution in [2.45, 2.75) is 49.7 Å². The summed E-state index contributed by atoms with van der Waals surface area (Å²) in [6.07, 6.45) is 2.60. The fourth-order valence-corrected chi connectivity index (χ4v) is 5.86. The molecule has 1 saturated heterocycles. The van der Waals surface area contributed by atoms with E-state index in [1.165, 1.54) is 28.6 Å². The zero-order valence-electron chi connectivity index (χ0n) is 19.0. The molecule has 1 atom stereocenters. The Morgan fingerprint density at radius 3 is 2.88 bits per heavy atom. The molecule has 1 aliphatic heterocycles. The van der Waals surface area contributed by atoms with Crippen LogP contribution < -0.4 is 5.32 Å². The van der Waals surface area contributed by atoms with Crippen LogP contribution in [0, 0.1) is 5.82 Å². The van der Waals surface area contributed by atoms with Gasteiger partial charge in [-0.1, -0.05) is 23.8 Å². The molecule has 0 bridgehead atoms. The molecular formula is C23H28FN5O4S. The second kappa shape index (κ2) is 10.6. The molecule has 4 rings (SSSR count). The Morgan fingerprint density at radius 2 is 2.09 bits per heavy atom. The third-order valence-electron chi connectivity index (χ3n) is 5.92. The Bertz CT molecular complexity index is 1260. The van der Waals surface area contributed by atoms with Gasteiger partial charge >= 0.3 is 0 Å². The predicted octanol–water partition coefficient (Wildman–Crippen LogP) is 2.47. The largest absolute Gasteiger partial charge is 0.385 e. The molecule has 1 aromatic heterocycles. The molecule has 2 aromatic carbocycles. The number of aryl methyl sites for hydroxylation is 1. The molecule has 0 spiro atoms. The number of rotatable bonds is 9. The van der Waals surface area contributed by atoms with Crippen molar-refractivity contribution >= 4 is 27.0 Å². The lowest BCUT2D eigenvalue weighted by Gasteiger charge is -2.33. The number of nitrogens with one attached hydrogen (secondary N) is 1. The van der Waals surface area contributed by atoms with Crippen LogP contribution in [0.25, 0.3) is 11.0 Å². The number of amides is 1. The van der Waals surface area contributed by atoms with Crippen LogP contribution >= 0.6 is 0 Å². The van der Waals surface area contributed by atoms with Gasteiger partial charge in [0.15, 0.2) is 0 Å². The van der Waals surface area contributed by atoms with E-state index in [9.17, 15) is 17.6 Å². The number of halogens is 1. The van der Waals surface area contributed by atoms with E-state index in [0.29, 0.717) is 37.1 Å². The second-order valence-electron chi connectivity index (χ2n) is 8.28. The summed E-state index contributed by atoms with van der Waals surface area (Å²) in [4.78, 5) is 13.0. The van der Waals surface area contributed by atoms with Crippen molar-refractivity contribution < 1.29 is 22.3 Å². The fraction of sp³-hybridized carbons (Fsp3) is 0.435.